The third-order valence-corrected chi connectivity index (χ3v) is 10.4. The average Bonchev–Trinajstić information content (AvgIpc) is 3.17. The zero-order chi connectivity index (χ0) is 50.1. The van der Waals surface area contributed by atoms with E-state index in [1.807, 2.05) is 62.3 Å². The van der Waals surface area contributed by atoms with E-state index in [2.05, 4.69) is 17.6 Å². The second kappa shape index (κ2) is 34.8. The molecule has 0 atom stereocenters. The average molecular weight is 940 g/mol. The van der Waals surface area contributed by atoms with E-state index in [4.69, 9.17) is 18.9 Å². The van der Waals surface area contributed by atoms with Gasteiger partial charge in [0.1, 0.15) is 22.4 Å². The number of carbonyl (C=O) groups excluding carboxylic acids is 5. The van der Waals surface area contributed by atoms with Gasteiger partial charge in [-0.15, -0.1) is 0 Å². The van der Waals surface area contributed by atoms with Gasteiger partial charge in [0, 0.05) is 58.8 Å². The number of unbranched alkanes of at least 4 members (excludes halogenated alkanes) is 16. The van der Waals surface area contributed by atoms with Gasteiger partial charge < -0.3 is 44.3 Å². The van der Waals surface area contributed by atoms with Crippen molar-refractivity contribution in [2.24, 2.45) is 0 Å². The summed E-state index contributed by atoms with van der Waals surface area (Å²) in [5.41, 5.74) is -2.66. The predicted molar refractivity (Wildman–Crippen MR) is 268 cm³/mol. The quantitative estimate of drug-likeness (QED) is 0.0473. The first-order chi connectivity index (χ1) is 30.8. The Morgan fingerprint density at radius 2 is 0.636 bits per heavy atom. The van der Waals surface area contributed by atoms with Gasteiger partial charge >= 0.3 is 24.4 Å². The Morgan fingerprint density at radius 3 is 0.970 bits per heavy atom. The molecule has 0 aromatic heterocycles. The van der Waals surface area contributed by atoms with Crippen molar-refractivity contribution in [3.8, 4) is 0 Å². The van der Waals surface area contributed by atoms with Crippen LogP contribution in [0.25, 0.3) is 0 Å². The van der Waals surface area contributed by atoms with Crippen molar-refractivity contribution < 1.29 is 42.9 Å². The normalized spacial score (nSPS) is 12.0. The second-order valence-corrected chi connectivity index (χ2v) is 22.0. The van der Waals surface area contributed by atoms with Gasteiger partial charge in [-0.2, -0.15) is 0 Å². The molecule has 2 N–H and O–H groups in total. The molecule has 0 fully saturated rings. The third kappa shape index (κ3) is 39.7. The van der Waals surface area contributed by atoms with Gasteiger partial charge in [-0.25, -0.2) is 19.2 Å². The third-order valence-electron chi connectivity index (χ3n) is 10.4. The molecule has 66 heavy (non-hydrogen) atoms. The summed E-state index contributed by atoms with van der Waals surface area (Å²) >= 11 is 0. The van der Waals surface area contributed by atoms with E-state index >= 15 is 0 Å². The zero-order valence-electron chi connectivity index (χ0n) is 44.7. The van der Waals surface area contributed by atoms with Crippen LogP contribution in [0.4, 0.5) is 19.2 Å². The maximum absolute atomic E-state index is 13.4. The van der Waals surface area contributed by atoms with Crippen LogP contribution in [0.3, 0.4) is 0 Å². The second-order valence-electron chi connectivity index (χ2n) is 22.0. The topological polar surface area (TPSA) is 156 Å². The minimum atomic E-state index is -0.699. The lowest BCUT2D eigenvalue weighted by Crippen LogP contribution is -2.42. The van der Waals surface area contributed by atoms with Crippen LogP contribution in [0.5, 0.6) is 0 Å². The molecule has 0 aromatic rings. The molecule has 0 aliphatic rings. The van der Waals surface area contributed by atoms with E-state index in [0.717, 1.165) is 12.8 Å². The van der Waals surface area contributed by atoms with Crippen LogP contribution in [0.15, 0.2) is 0 Å². The number of alkyl carbamates (subject to hydrolysis) is 1. The summed E-state index contributed by atoms with van der Waals surface area (Å²) in [6.45, 7) is 27.1. The summed E-state index contributed by atoms with van der Waals surface area (Å²) in [5.74, 6) is 0.0432. The fraction of sp³-hybridized carbons (Fsp3) is 0.904. The minimum Gasteiger partial charge on any atom is -0.444 e. The van der Waals surface area contributed by atoms with Crippen molar-refractivity contribution in [2.45, 2.75) is 254 Å². The summed E-state index contributed by atoms with van der Waals surface area (Å²) in [4.78, 5) is 69.5. The Morgan fingerprint density at radius 1 is 0.348 bits per heavy atom. The lowest BCUT2D eigenvalue weighted by atomic mass is 10.0. The molecule has 14 heteroatoms. The van der Waals surface area contributed by atoms with Crippen molar-refractivity contribution >= 4 is 30.3 Å². The monoisotopic (exact) mass is 940 g/mol. The number of rotatable bonds is 34. The van der Waals surface area contributed by atoms with Crippen LogP contribution in [0, 0.1) is 0 Å². The van der Waals surface area contributed by atoms with Gasteiger partial charge in [0.2, 0.25) is 5.91 Å². The lowest BCUT2D eigenvalue weighted by molar-refractivity contribution is -0.121. The molecule has 0 unspecified atom stereocenters. The molecular weight excluding hydrogens is 839 g/mol. The highest BCUT2D eigenvalue weighted by Gasteiger charge is 2.26. The van der Waals surface area contributed by atoms with Gasteiger partial charge in [-0.3, -0.25) is 4.79 Å². The maximum Gasteiger partial charge on any atom is 0.410 e. The number of nitrogens with one attached hydrogen (secondary N) is 2. The molecule has 0 aromatic carbocycles. The zero-order valence-corrected chi connectivity index (χ0v) is 44.7. The van der Waals surface area contributed by atoms with Gasteiger partial charge in [-0.05, 0) is 122 Å². The largest absolute Gasteiger partial charge is 0.444 e. The molecule has 0 bridgehead atoms. The Labute approximate surface area is 403 Å². The first-order valence-corrected chi connectivity index (χ1v) is 26.0. The molecule has 14 nitrogen and oxygen atoms in total. The van der Waals surface area contributed by atoms with E-state index in [-0.39, 0.29) is 5.91 Å². The van der Waals surface area contributed by atoms with Crippen molar-refractivity contribution in [1.82, 2.24) is 25.3 Å². The first-order valence-electron chi connectivity index (χ1n) is 26.0. The van der Waals surface area contributed by atoms with Crippen molar-refractivity contribution in [1.29, 1.82) is 0 Å². The van der Waals surface area contributed by atoms with E-state index in [1.54, 1.807) is 35.5 Å². The van der Waals surface area contributed by atoms with Crippen molar-refractivity contribution in [2.75, 3.05) is 52.4 Å². The Hall–Kier alpha value is -3.45. The van der Waals surface area contributed by atoms with E-state index in [9.17, 15) is 24.0 Å². The number of ether oxygens (including phenoxy) is 4. The maximum atomic E-state index is 13.4. The molecule has 0 rings (SSSR count). The van der Waals surface area contributed by atoms with E-state index < -0.39 is 46.8 Å². The number of nitrogens with zero attached hydrogens (tertiary/aromatic N) is 3. The van der Waals surface area contributed by atoms with Gasteiger partial charge in [0.05, 0.1) is 0 Å². The minimum absolute atomic E-state index is 0.0432. The van der Waals surface area contributed by atoms with E-state index in [0.29, 0.717) is 90.9 Å². The highest BCUT2D eigenvalue weighted by molar-refractivity contribution is 5.75. The van der Waals surface area contributed by atoms with Crippen LogP contribution in [-0.2, 0) is 23.7 Å². The van der Waals surface area contributed by atoms with Crippen LogP contribution >= 0.6 is 0 Å². The van der Waals surface area contributed by atoms with Gasteiger partial charge in [-0.1, -0.05) is 103 Å². The lowest BCUT2D eigenvalue weighted by Gasteiger charge is -2.30. The molecule has 0 saturated heterocycles. The fourth-order valence-corrected chi connectivity index (χ4v) is 7.11. The molecule has 0 saturated carbocycles. The van der Waals surface area contributed by atoms with E-state index in [1.165, 1.54) is 89.9 Å². The van der Waals surface area contributed by atoms with Crippen LogP contribution in [-0.4, -0.2) is 120 Å². The number of amides is 5. The molecule has 0 heterocycles. The molecule has 388 valence electrons. The van der Waals surface area contributed by atoms with Crippen LogP contribution < -0.4 is 10.6 Å². The molecule has 0 aliphatic heterocycles. The SMILES string of the molecule is CCCCCCCCCCCCCCCCCCC(=O)NCCCN(CCCN(CCCCN(CCCNC(=O)OC(C)(C)C)C(=O)OC(C)(C)C)C(=O)OC(C)(C)C)C(=O)OC(C)(C)C. The summed E-state index contributed by atoms with van der Waals surface area (Å²) in [7, 11) is 0. The highest BCUT2D eigenvalue weighted by Crippen LogP contribution is 2.17. The van der Waals surface area contributed by atoms with Gasteiger partial charge in [0.25, 0.3) is 0 Å². The molecule has 5 amide bonds. The smallest absolute Gasteiger partial charge is 0.410 e. The number of carbonyl (C=O) groups is 5. The Kier molecular flexibility index (Phi) is 33.0. The Bertz CT molecular complexity index is 1320. The summed E-state index contributed by atoms with van der Waals surface area (Å²) in [5, 5.41) is 5.76. The standard InChI is InChI=1S/C52H101N5O9/c1-14-15-16-17-18-19-20-21-22-23-24-25-26-27-28-29-35-44(58)53-36-32-40-57(48(62)66-52(11,12)13)43-34-42-56(47(61)65-51(8,9)10)39-31-30-38-55(46(60)64-50(5,6)7)41-33-37-54-45(59)63-49(2,3)4/h14-43H2,1-13H3,(H,53,58)(H,54,59). The van der Waals surface area contributed by atoms with Crippen molar-refractivity contribution in [3.63, 3.8) is 0 Å². The molecule has 0 spiro atoms. The van der Waals surface area contributed by atoms with Crippen molar-refractivity contribution in [3.05, 3.63) is 0 Å². The van der Waals surface area contributed by atoms with Crippen LogP contribution in [0.2, 0.25) is 0 Å². The summed E-state index contributed by atoms with van der Waals surface area (Å²) < 4.78 is 22.5. The fourth-order valence-electron chi connectivity index (χ4n) is 7.11. The van der Waals surface area contributed by atoms with Crippen LogP contribution in [0.1, 0.15) is 231 Å². The van der Waals surface area contributed by atoms with Gasteiger partial charge in [0.15, 0.2) is 0 Å². The summed E-state index contributed by atoms with van der Waals surface area (Å²) in [6, 6.07) is 0. The number of hydrogen-bond donors (Lipinski definition) is 2. The first kappa shape index (κ1) is 62.5. The molecular formula is C52H101N5O9. The predicted octanol–water partition coefficient (Wildman–Crippen LogP) is 12.9. The molecule has 0 aliphatic carbocycles. The Balaban J connectivity index is 5.00. The molecule has 0 radical (unpaired) electrons. The summed E-state index contributed by atoms with van der Waals surface area (Å²) in [6.07, 6.45) is 22.1. The number of hydrogen-bond acceptors (Lipinski definition) is 9. The highest BCUT2D eigenvalue weighted by atomic mass is 16.6.